The maximum atomic E-state index is 13.7. The number of amides is 1. The minimum absolute atomic E-state index is 0.122. The first-order chi connectivity index (χ1) is 16.5. The molecule has 0 saturated carbocycles. The molecule has 188 valence electrons. The smallest absolute Gasteiger partial charge is 0.419 e. The van der Waals surface area contributed by atoms with Crippen LogP contribution in [0.25, 0.3) is 11.1 Å². The van der Waals surface area contributed by atoms with Gasteiger partial charge in [-0.2, -0.15) is 13.2 Å². The van der Waals surface area contributed by atoms with Crippen molar-refractivity contribution in [2.75, 3.05) is 26.2 Å². The van der Waals surface area contributed by atoms with Gasteiger partial charge in [-0.1, -0.05) is 32.0 Å². The molecule has 4 heterocycles. The molecule has 3 saturated heterocycles. The third kappa shape index (κ3) is 4.70. The number of carbonyl (C=O) groups is 1. The van der Waals surface area contributed by atoms with Crippen LogP contribution in [0.2, 0.25) is 0 Å². The van der Waals surface area contributed by atoms with Crippen molar-refractivity contribution in [3.05, 3.63) is 53.3 Å². The van der Waals surface area contributed by atoms with Gasteiger partial charge in [-0.25, -0.2) is 9.18 Å². The van der Waals surface area contributed by atoms with Crippen molar-refractivity contribution in [1.82, 2.24) is 10.2 Å². The van der Waals surface area contributed by atoms with Crippen molar-refractivity contribution >= 4 is 6.09 Å². The first-order valence-electron chi connectivity index (χ1n) is 11.8. The Balaban J connectivity index is 1.37. The van der Waals surface area contributed by atoms with Crippen LogP contribution in [0.1, 0.15) is 43.9 Å². The maximum absolute atomic E-state index is 13.7. The zero-order chi connectivity index (χ0) is 25.0. The molecule has 6 rings (SSSR count). The number of alkyl halides is 3. The van der Waals surface area contributed by atoms with Crippen molar-refractivity contribution in [2.45, 2.75) is 45.0 Å². The van der Waals surface area contributed by atoms with Gasteiger partial charge in [0.1, 0.15) is 17.7 Å². The normalized spacial score (nSPS) is 27.0. The fourth-order valence-corrected chi connectivity index (χ4v) is 5.37. The number of alkyl carbamates (subject to hydrolysis) is 1. The van der Waals surface area contributed by atoms with Gasteiger partial charge in [0.2, 0.25) is 0 Å². The number of piperidine rings is 3. The molecule has 3 fully saturated rings. The van der Waals surface area contributed by atoms with Crippen LogP contribution in [0.15, 0.2) is 36.4 Å². The van der Waals surface area contributed by atoms with Gasteiger partial charge in [0.15, 0.2) is 0 Å². The topological polar surface area (TPSA) is 50.8 Å². The molecule has 2 aromatic carbocycles. The number of rotatable bonds is 3. The fourth-order valence-electron chi connectivity index (χ4n) is 5.37. The van der Waals surface area contributed by atoms with Gasteiger partial charge in [0.25, 0.3) is 0 Å². The molecular weight excluding hydrogens is 464 g/mol. The quantitative estimate of drug-likeness (QED) is 0.551. The second-order valence-corrected chi connectivity index (χ2v) is 10.4. The van der Waals surface area contributed by atoms with Crippen LogP contribution in [0.5, 0.6) is 5.75 Å². The summed E-state index contributed by atoms with van der Waals surface area (Å²) in [7, 11) is 0. The molecule has 35 heavy (non-hydrogen) atoms. The van der Waals surface area contributed by atoms with Gasteiger partial charge < -0.3 is 14.8 Å². The van der Waals surface area contributed by atoms with Gasteiger partial charge in [-0.3, -0.25) is 4.90 Å². The van der Waals surface area contributed by atoms with Gasteiger partial charge in [0, 0.05) is 17.5 Å². The molecule has 0 aromatic heterocycles. The molecule has 2 bridgehead atoms. The highest BCUT2D eigenvalue weighted by Crippen LogP contribution is 2.45. The monoisotopic (exact) mass is 492 g/mol. The molecule has 5 nitrogen and oxygen atoms in total. The largest absolute Gasteiger partial charge is 0.493 e. The number of ether oxygens (including phenoxy) is 2. The van der Waals surface area contributed by atoms with Crippen molar-refractivity contribution in [3.63, 3.8) is 0 Å². The zero-order valence-corrected chi connectivity index (χ0v) is 19.6. The third-order valence-electron chi connectivity index (χ3n) is 7.43. The summed E-state index contributed by atoms with van der Waals surface area (Å²) in [6.45, 7) is 7.09. The van der Waals surface area contributed by atoms with Crippen LogP contribution in [0, 0.1) is 17.2 Å². The molecule has 2 atom stereocenters. The number of halogens is 4. The summed E-state index contributed by atoms with van der Waals surface area (Å²) in [5, 5.41) is 3.01. The summed E-state index contributed by atoms with van der Waals surface area (Å²) in [5.41, 5.74) is -0.357. The summed E-state index contributed by atoms with van der Waals surface area (Å²) in [5.74, 6) is -0.462. The molecule has 0 aliphatic carbocycles. The molecule has 1 N–H and O–H groups in total. The molecule has 0 spiro atoms. The van der Waals surface area contributed by atoms with Crippen molar-refractivity contribution < 1.29 is 31.8 Å². The first-order valence-corrected chi connectivity index (χ1v) is 11.8. The standard InChI is InChI=1S/C26H28F4N2O3/c1-25(2)14-34-21-12-17(16-4-6-20(27)19(11-16)26(28,29)30)3-5-18(21)23(25)31-24(33)35-22-13-32-9-7-15(22)8-10-32/h3-6,11-12,15,22-23H,7-10,13-14H2,1-2H3,(H,31,33)/t22-,23?/m0/s1. The second kappa shape index (κ2) is 8.69. The average Bonchev–Trinajstić information content (AvgIpc) is 2.81. The Bertz CT molecular complexity index is 1130. The van der Waals surface area contributed by atoms with Gasteiger partial charge in [-0.05, 0) is 61.2 Å². The molecule has 4 aliphatic heterocycles. The highest BCUT2D eigenvalue weighted by atomic mass is 19.4. The van der Waals surface area contributed by atoms with Crippen LogP contribution in [0.3, 0.4) is 0 Å². The van der Waals surface area contributed by atoms with E-state index in [0.717, 1.165) is 44.6 Å². The zero-order valence-electron chi connectivity index (χ0n) is 19.6. The lowest BCUT2D eigenvalue weighted by atomic mass is 9.78. The van der Waals surface area contributed by atoms with Gasteiger partial charge in [0.05, 0.1) is 18.2 Å². The average molecular weight is 493 g/mol. The lowest BCUT2D eigenvalue weighted by molar-refractivity contribution is -0.139. The fraction of sp³-hybridized carbons (Fsp3) is 0.500. The van der Waals surface area contributed by atoms with Crippen LogP contribution in [-0.4, -0.2) is 43.3 Å². The SMILES string of the molecule is CC1(C)COc2cc(-c3ccc(F)c(C(F)(F)F)c3)ccc2C1NC(=O)O[C@H]1CN2CCC1CC2. The van der Waals surface area contributed by atoms with E-state index in [4.69, 9.17) is 9.47 Å². The van der Waals surface area contributed by atoms with E-state index < -0.39 is 35.1 Å². The highest BCUT2D eigenvalue weighted by molar-refractivity contribution is 5.70. The van der Waals surface area contributed by atoms with Gasteiger partial charge >= 0.3 is 12.3 Å². The molecule has 4 aliphatic rings. The lowest BCUT2D eigenvalue weighted by Crippen LogP contribution is -2.53. The Morgan fingerprint density at radius 3 is 2.46 bits per heavy atom. The predicted molar refractivity (Wildman–Crippen MR) is 121 cm³/mol. The molecule has 2 aromatic rings. The molecule has 0 radical (unpaired) electrons. The van der Waals surface area contributed by atoms with Crippen molar-refractivity contribution in [2.24, 2.45) is 11.3 Å². The van der Waals surface area contributed by atoms with Crippen molar-refractivity contribution in [3.8, 4) is 16.9 Å². The summed E-state index contributed by atoms with van der Waals surface area (Å²) in [4.78, 5) is 15.2. The lowest BCUT2D eigenvalue weighted by Gasteiger charge is -2.44. The van der Waals surface area contributed by atoms with E-state index in [0.29, 0.717) is 29.4 Å². The number of nitrogens with zero attached hydrogens (tertiary/aromatic N) is 1. The number of hydrogen-bond donors (Lipinski definition) is 1. The Morgan fingerprint density at radius 1 is 1.11 bits per heavy atom. The predicted octanol–water partition coefficient (Wildman–Crippen LogP) is 5.79. The number of hydrogen-bond acceptors (Lipinski definition) is 4. The minimum atomic E-state index is -4.79. The number of carbonyl (C=O) groups excluding carboxylic acids is 1. The second-order valence-electron chi connectivity index (χ2n) is 10.4. The highest BCUT2D eigenvalue weighted by Gasteiger charge is 2.41. The summed E-state index contributed by atoms with van der Waals surface area (Å²) >= 11 is 0. The Hall–Kier alpha value is -2.81. The molecule has 1 amide bonds. The Labute approximate surface area is 201 Å². The number of nitrogens with one attached hydrogen (secondary N) is 1. The van der Waals surface area contributed by atoms with E-state index in [-0.39, 0.29) is 11.7 Å². The van der Waals surface area contributed by atoms with Crippen LogP contribution in [-0.2, 0) is 10.9 Å². The van der Waals surface area contributed by atoms with Crippen LogP contribution in [0.4, 0.5) is 22.4 Å². The van der Waals surface area contributed by atoms with Gasteiger partial charge in [-0.15, -0.1) is 0 Å². The summed E-state index contributed by atoms with van der Waals surface area (Å²) < 4.78 is 65.0. The van der Waals surface area contributed by atoms with Crippen LogP contribution < -0.4 is 10.1 Å². The van der Waals surface area contributed by atoms with E-state index in [9.17, 15) is 22.4 Å². The van der Waals surface area contributed by atoms with E-state index in [1.54, 1.807) is 18.2 Å². The molecular formula is C26H28F4N2O3. The Morgan fingerprint density at radius 2 is 1.80 bits per heavy atom. The van der Waals surface area contributed by atoms with E-state index in [1.165, 1.54) is 6.07 Å². The molecule has 9 heteroatoms. The van der Waals surface area contributed by atoms with E-state index in [1.807, 2.05) is 13.8 Å². The van der Waals surface area contributed by atoms with E-state index in [2.05, 4.69) is 10.2 Å². The molecule has 1 unspecified atom stereocenters. The Kier molecular flexibility index (Phi) is 5.94. The third-order valence-corrected chi connectivity index (χ3v) is 7.43. The van der Waals surface area contributed by atoms with E-state index >= 15 is 0 Å². The first kappa shape index (κ1) is 23.9. The number of benzene rings is 2. The minimum Gasteiger partial charge on any atom is -0.493 e. The maximum Gasteiger partial charge on any atom is 0.419 e. The number of fused-ring (bicyclic) bond motifs is 4. The van der Waals surface area contributed by atoms with Crippen LogP contribution >= 0.6 is 0 Å². The van der Waals surface area contributed by atoms with Crippen molar-refractivity contribution in [1.29, 1.82) is 0 Å². The summed E-state index contributed by atoms with van der Waals surface area (Å²) in [6, 6.07) is 7.53. The summed E-state index contributed by atoms with van der Waals surface area (Å²) in [6.07, 6.45) is -3.33.